The predicted molar refractivity (Wildman–Crippen MR) is 69.9 cm³/mol. The molecule has 1 aliphatic rings. The molecule has 94 valence electrons. The van der Waals surface area contributed by atoms with Gasteiger partial charge < -0.3 is 21.8 Å². The van der Waals surface area contributed by atoms with Crippen LogP contribution in [0.25, 0.3) is 0 Å². The summed E-state index contributed by atoms with van der Waals surface area (Å²) >= 11 is 1.30. The number of hydrogen-bond acceptors (Lipinski definition) is 6. The molecule has 2 heterocycles. The Morgan fingerprint density at radius 2 is 2.06 bits per heavy atom. The summed E-state index contributed by atoms with van der Waals surface area (Å²) in [6, 6.07) is 1.75. The summed E-state index contributed by atoms with van der Waals surface area (Å²) in [5, 5.41) is 2.98. The number of nitrogens with one attached hydrogen (secondary N) is 1. The van der Waals surface area contributed by atoms with Crippen molar-refractivity contribution in [3.05, 3.63) is 10.9 Å². The van der Waals surface area contributed by atoms with E-state index >= 15 is 0 Å². The molecule has 1 aromatic heterocycles. The normalized spacial score (nSPS) is 18.2. The Labute approximate surface area is 104 Å². The zero-order chi connectivity index (χ0) is 12.4. The molecule has 1 aliphatic heterocycles. The van der Waals surface area contributed by atoms with Gasteiger partial charge in [0, 0.05) is 26.2 Å². The average Bonchev–Trinajstić information content (AvgIpc) is 2.63. The summed E-state index contributed by atoms with van der Waals surface area (Å²) in [6.45, 7) is 3.94. The van der Waals surface area contributed by atoms with Crippen molar-refractivity contribution in [1.29, 1.82) is 0 Å². The molecule has 1 amide bonds. The summed E-state index contributed by atoms with van der Waals surface area (Å²) in [5.74, 6) is -0.473. The van der Waals surface area contributed by atoms with E-state index in [9.17, 15) is 4.79 Å². The van der Waals surface area contributed by atoms with Gasteiger partial charge in [-0.25, -0.2) is 5.01 Å². The van der Waals surface area contributed by atoms with Crippen LogP contribution in [0.3, 0.4) is 0 Å². The van der Waals surface area contributed by atoms with Gasteiger partial charge in [-0.15, -0.1) is 11.3 Å². The molecule has 0 atom stereocenters. The molecule has 0 saturated carbocycles. The monoisotopic (exact) mass is 255 g/mol. The molecule has 5 N–H and O–H groups in total. The Hall–Kier alpha value is -1.31. The van der Waals surface area contributed by atoms with Crippen LogP contribution in [0.4, 0.5) is 10.7 Å². The molecule has 1 aromatic rings. The van der Waals surface area contributed by atoms with Crippen molar-refractivity contribution in [2.24, 2.45) is 5.73 Å². The number of primary amides is 1. The van der Waals surface area contributed by atoms with E-state index in [4.69, 9.17) is 11.5 Å². The van der Waals surface area contributed by atoms with Crippen molar-refractivity contribution in [1.82, 2.24) is 9.91 Å². The fourth-order valence-electron chi connectivity index (χ4n) is 1.73. The number of likely N-dealkylation sites (N-methyl/N-ethyl adjacent to an activating group) is 1. The molecule has 0 aliphatic carbocycles. The molecule has 6 nitrogen and oxygen atoms in total. The van der Waals surface area contributed by atoms with Crippen LogP contribution in [-0.2, 0) is 0 Å². The second-order valence-electron chi connectivity index (χ2n) is 4.16. The zero-order valence-corrected chi connectivity index (χ0v) is 10.6. The molecule has 0 aromatic carbocycles. The quantitative estimate of drug-likeness (QED) is 0.708. The first-order valence-electron chi connectivity index (χ1n) is 5.45. The molecule has 2 rings (SSSR count). The number of carbonyl (C=O) groups is 1. The number of anilines is 2. The molecule has 0 unspecified atom stereocenters. The highest BCUT2D eigenvalue weighted by Crippen LogP contribution is 2.29. The molecule has 1 saturated heterocycles. The second kappa shape index (κ2) is 4.91. The van der Waals surface area contributed by atoms with Gasteiger partial charge in [0.1, 0.15) is 9.88 Å². The molecule has 0 radical (unpaired) electrons. The van der Waals surface area contributed by atoms with Crippen LogP contribution in [0, 0.1) is 0 Å². The topological polar surface area (TPSA) is 87.6 Å². The van der Waals surface area contributed by atoms with Crippen molar-refractivity contribution in [3.8, 4) is 0 Å². The molecule has 1 fully saturated rings. The van der Waals surface area contributed by atoms with E-state index < -0.39 is 5.91 Å². The Balaban J connectivity index is 1.99. The maximum atomic E-state index is 11.1. The standard InChI is InChI=1S/C10H17N5OS/c1-14-2-4-15(5-3-14)13-8-6-7(11)9(17-8)10(12)16/h6,13H,2-5,11H2,1H3,(H2,12,16). The van der Waals surface area contributed by atoms with E-state index in [-0.39, 0.29) is 0 Å². The van der Waals surface area contributed by atoms with Gasteiger partial charge in [0.2, 0.25) is 0 Å². The van der Waals surface area contributed by atoms with E-state index in [1.54, 1.807) is 6.07 Å². The fraction of sp³-hybridized carbons (Fsp3) is 0.500. The van der Waals surface area contributed by atoms with Gasteiger partial charge in [-0.1, -0.05) is 0 Å². The zero-order valence-electron chi connectivity index (χ0n) is 9.77. The van der Waals surface area contributed by atoms with Crippen molar-refractivity contribution >= 4 is 27.9 Å². The van der Waals surface area contributed by atoms with Crippen molar-refractivity contribution in [3.63, 3.8) is 0 Å². The van der Waals surface area contributed by atoms with Crippen molar-refractivity contribution in [2.45, 2.75) is 0 Å². The van der Waals surface area contributed by atoms with Gasteiger partial charge in [0.25, 0.3) is 5.91 Å². The number of rotatable bonds is 3. The van der Waals surface area contributed by atoms with E-state index in [0.29, 0.717) is 10.6 Å². The van der Waals surface area contributed by atoms with Crippen LogP contribution in [0.15, 0.2) is 6.07 Å². The Kier molecular flexibility index (Phi) is 3.51. The minimum absolute atomic E-state index is 0.418. The van der Waals surface area contributed by atoms with Gasteiger partial charge in [-0.05, 0) is 13.1 Å². The lowest BCUT2D eigenvalue weighted by Crippen LogP contribution is -2.46. The van der Waals surface area contributed by atoms with E-state index in [2.05, 4.69) is 22.4 Å². The Morgan fingerprint density at radius 3 is 2.59 bits per heavy atom. The Morgan fingerprint density at radius 1 is 1.41 bits per heavy atom. The fourth-order valence-corrected chi connectivity index (χ4v) is 2.58. The third-order valence-electron chi connectivity index (χ3n) is 2.76. The van der Waals surface area contributed by atoms with Crippen molar-refractivity contribution in [2.75, 3.05) is 44.4 Å². The highest BCUT2D eigenvalue weighted by atomic mass is 32.1. The largest absolute Gasteiger partial charge is 0.397 e. The molecular formula is C10H17N5OS. The third kappa shape index (κ3) is 2.87. The summed E-state index contributed by atoms with van der Waals surface area (Å²) in [4.78, 5) is 13.8. The highest BCUT2D eigenvalue weighted by Gasteiger charge is 2.16. The van der Waals surface area contributed by atoms with Crippen LogP contribution in [0.5, 0.6) is 0 Å². The first kappa shape index (κ1) is 12.2. The Bertz CT molecular complexity index is 411. The molecular weight excluding hydrogens is 238 g/mol. The number of nitrogens with two attached hydrogens (primary N) is 2. The van der Waals surface area contributed by atoms with Gasteiger partial charge in [-0.2, -0.15) is 0 Å². The van der Waals surface area contributed by atoms with E-state index in [1.165, 1.54) is 11.3 Å². The first-order chi connectivity index (χ1) is 8.06. The number of piperazine rings is 1. The summed E-state index contributed by atoms with van der Waals surface area (Å²) < 4.78 is 0. The number of amides is 1. The van der Waals surface area contributed by atoms with Gasteiger partial charge in [0.15, 0.2) is 0 Å². The number of nitrogens with zero attached hydrogens (tertiary/aromatic N) is 2. The van der Waals surface area contributed by atoms with Gasteiger partial charge >= 0.3 is 0 Å². The number of hydrazine groups is 1. The lowest BCUT2D eigenvalue weighted by molar-refractivity contribution is 0.100. The summed E-state index contributed by atoms with van der Waals surface area (Å²) in [7, 11) is 2.10. The van der Waals surface area contributed by atoms with Gasteiger partial charge in [0.05, 0.1) is 5.69 Å². The lowest BCUT2D eigenvalue weighted by Gasteiger charge is -2.32. The maximum Gasteiger partial charge on any atom is 0.260 e. The van der Waals surface area contributed by atoms with Crippen LogP contribution in [0.1, 0.15) is 9.67 Å². The van der Waals surface area contributed by atoms with E-state index in [0.717, 1.165) is 31.2 Å². The number of carbonyl (C=O) groups excluding carboxylic acids is 1. The number of thiophene rings is 1. The average molecular weight is 255 g/mol. The molecule has 0 spiro atoms. The minimum Gasteiger partial charge on any atom is -0.397 e. The van der Waals surface area contributed by atoms with Crippen LogP contribution < -0.4 is 16.9 Å². The minimum atomic E-state index is -0.473. The molecule has 17 heavy (non-hydrogen) atoms. The number of nitrogen functional groups attached to an aromatic ring is 1. The van der Waals surface area contributed by atoms with Crippen LogP contribution >= 0.6 is 11.3 Å². The molecule has 7 heteroatoms. The summed E-state index contributed by atoms with van der Waals surface area (Å²) in [6.07, 6.45) is 0. The maximum absolute atomic E-state index is 11.1. The van der Waals surface area contributed by atoms with Crippen LogP contribution in [0.2, 0.25) is 0 Å². The smallest absolute Gasteiger partial charge is 0.260 e. The number of hydrogen-bond donors (Lipinski definition) is 3. The third-order valence-corrected chi connectivity index (χ3v) is 3.83. The van der Waals surface area contributed by atoms with E-state index in [1.807, 2.05) is 0 Å². The summed E-state index contributed by atoms with van der Waals surface area (Å²) in [5.41, 5.74) is 14.6. The van der Waals surface area contributed by atoms with Crippen molar-refractivity contribution < 1.29 is 4.79 Å². The first-order valence-corrected chi connectivity index (χ1v) is 6.27. The van der Waals surface area contributed by atoms with Crippen LogP contribution in [-0.4, -0.2) is 49.0 Å². The SMILES string of the molecule is CN1CCN(Nc2cc(N)c(C(N)=O)s2)CC1. The highest BCUT2D eigenvalue weighted by molar-refractivity contribution is 7.18. The van der Waals surface area contributed by atoms with Gasteiger partial charge in [-0.3, -0.25) is 4.79 Å². The second-order valence-corrected chi connectivity index (χ2v) is 5.21. The predicted octanol–water partition coefficient (Wildman–Crippen LogP) is 0.00350. The lowest BCUT2D eigenvalue weighted by atomic mass is 10.4. The molecule has 0 bridgehead atoms.